The molecule has 1 aromatic rings. The molecule has 2 heterocycles. The summed E-state index contributed by atoms with van der Waals surface area (Å²) in [5, 5.41) is 6.31. The van der Waals surface area contributed by atoms with Crippen molar-refractivity contribution in [3.63, 3.8) is 0 Å². The van der Waals surface area contributed by atoms with E-state index in [1.54, 1.807) is 6.20 Å². The fourth-order valence-electron chi connectivity index (χ4n) is 2.04. The minimum absolute atomic E-state index is 0. The van der Waals surface area contributed by atoms with Crippen molar-refractivity contribution in [2.24, 2.45) is 5.92 Å². The Morgan fingerprint density at radius 2 is 2.26 bits per heavy atom. The number of nitrogens with one attached hydrogen (secondary N) is 2. The van der Waals surface area contributed by atoms with Crippen molar-refractivity contribution in [2.75, 3.05) is 19.6 Å². The number of carbonyl (C=O) groups excluding carboxylic acids is 1. The SMILES string of the molecule is Cc1ccc(C(=O)NCC2CCCNC2)cn1.Cl.Cl. The monoisotopic (exact) mass is 305 g/mol. The van der Waals surface area contributed by atoms with Crippen LogP contribution in [0.2, 0.25) is 0 Å². The van der Waals surface area contributed by atoms with Crippen LogP contribution in [0.5, 0.6) is 0 Å². The molecule has 1 aromatic heterocycles. The van der Waals surface area contributed by atoms with Crippen molar-refractivity contribution in [1.29, 1.82) is 0 Å². The van der Waals surface area contributed by atoms with Crippen LogP contribution in [0.3, 0.4) is 0 Å². The zero-order chi connectivity index (χ0) is 12.1. The second-order valence-corrected chi connectivity index (χ2v) is 4.61. The maximum atomic E-state index is 11.8. The number of aromatic nitrogens is 1. The molecule has 4 nitrogen and oxygen atoms in total. The smallest absolute Gasteiger partial charge is 0.252 e. The fraction of sp³-hybridized carbons (Fsp3) is 0.538. The van der Waals surface area contributed by atoms with Crippen LogP contribution >= 0.6 is 24.8 Å². The zero-order valence-electron chi connectivity index (χ0n) is 11.0. The predicted octanol–water partition coefficient (Wildman–Crippen LogP) is 1.96. The second kappa shape index (κ2) is 9.13. The van der Waals surface area contributed by atoms with Gasteiger partial charge in [0.25, 0.3) is 5.91 Å². The lowest BCUT2D eigenvalue weighted by molar-refractivity contribution is 0.0944. The van der Waals surface area contributed by atoms with Crippen LogP contribution < -0.4 is 10.6 Å². The van der Waals surface area contributed by atoms with E-state index in [1.165, 1.54) is 12.8 Å². The van der Waals surface area contributed by atoms with Gasteiger partial charge in [-0.3, -0.25) is 9.78 Å². The number of hydrogen-bond acceptors (Lipinski definition) is 3. The molecule has 0 aromatic carbocycles. The van der Waals surface area contributed by atoms with Crippen molar-refractivity contribution in [3.05, 3.63) is 29.6 Å². The molecule has 0 bridgehead atoms. The Bertz CT molecular complexity index is 378. The minimum Gasteiger partial charge on any atom is -0.352 e. The third-order valence-corrected chi connectivity index (χ3v) is 3.12. The summed E-state index contributed by atoms with van der Waals surface area (Å²) in [7, 11) is 0. The van der Waals surface area contributed by atoms with Crippen LogP contribution in [-0.4, -0.2) is 30.5 Å². The molecule has 1 fully saturated rings. The third kappa shape index (κ3) is 5.76. The van der Waals surface area contributed by atoms with E-state index in [2.05, 4.69) is 15.6 Å². The van der Waals surface area contributed by atoms with E-state index in [9.17, 15) is 4.79 Å². The summed E-state index contributed by atoms with van der Waals surface area (Å²) >= 11 is 0. The molecule has 1 aliphatic rings. The van der Waals surface area contributed by atoms with Gasteiger partial charge in [-0.1, -0.05) is 0 Å². The Hall–Kier alpha value is -0.840. The van der Waals surface area contributed by atoms with Crippen molar-refractivity contribution in [3.8, 4) is 0 Å². The van der Waals surface area contributed by atoms with Gasteiger partial charge < -0.3 is 10.6 Å². The summed E-state index contributed by atoms with van der Waals surface area (Å²) in [6.07, 6.45) is 4.02. The number of hydrogen-bond donors (Lipinski definition) is 2. The van der Waals surface area contributed by atoms with E-state index in [4.69, 9.17) is 0 Å². The van der Waals surface area contributed by atoms with Crippen LogP contribution in [0.4, 0.5) is 0 Å². The number of halogens is 2. The Morgan fingerprint density at radius 1 is 1.47 bits per heavy atom. The maximum absolute atomic E-state index is 11.8. The first kappa shape index (κ1) is 18.2. The summed E-state index contributed by atoms with van der Waals surface area (Å²) in [6, 6.07) is 3.67. The number of carbonyl (C=O) groups is 1. The lowest BCUT2D eigenvalue weighted by Crippen LogP contribution is -2.38. The van der Waals surface area contributed by atoms with Gasteiger partial charge in [-0.05, 0) is 50.9 Å². The quantitative estimate of drug-likeness (QED) is 0.897. The highest BCUT2D eigenvalue weighted by atomic mass is 35.5. The summed E-state index contributed by atoms with van der Waals surface area (Å²) in [6.45, 7) is 4.77. The molecule has 19 heavy (non-hydrogen) atoms. The Balaban J connectivity index is 0.00000162. The van der Waals surface area contributed by atoms with E-state index in [0.29, 0.717) is 11.5 Å². The number of rotatable bonds is 3. The second-order valence-electron chi connectivity index (χ2n) is 4.61. The fourth-order valence-corrected chi connectivity index (χ4v) is 2.04. The molecule has 2 rings (SSSR count). The standard InChI is InChI=1S/C13H19N3O.2ClH/c1-10-4-5-12(9-15-10)13(17)16-8-11-3-2-6-14-7-11;;/h4-5,9,11,14H,2-3,6-8H2,1H3,(H,16,17);2*1H. The van der Waals surface area contributed by atoms with Crippen LogP contribution in [0.1, 0.15) is 28.9 Å². The third-order valence-electron chi connectivity index (χ3n) is 3.12. The van der Waals surface area contributed by atoms with E-state index in [0.717, 1.165) is 25.3 Å². The van der Waals surface area contributed by atoms with Gasteiger partial charge in [0.15, 0.2) is 0 Å². The Morgan fingerprint density at radius 3 is 2.84 bits per heavy atom. The molecule has 1 atom stereocenters. The summed E-state index contributed by atoms with van der Waals surface area (Å²) < 4.78 is 0. The van der Waals surface area contributed by atoms with E-state index < -0.39 is 0 Å². The van der Waals surface area contributed by atoms with Crippen molar-refractivity contribution >= 4 is 30.7 Å². The molecular formula is C13H21Cl2N3O. The van der Waals surface area contributed by atoms with Crippen molar-refractivity contribution < 1.29 is 4.79 Å². The minimum atomic E-state index is -0.0249. The molecule has 2 N–H and O–H groups in total. The first-order valence-electron chi connectivity index (χ1n) is 6.17. The molecule has 0 radical (unpaired) electrons. The Labute approximate surface area is 126 Å². The van der Waals surface area contributed by atoms with Gasteiger partial charge in [0.2, 0.25) is 0 Å². The van der Waals surface area contributed by atoms with Crippen molar-refractivity contribution in [2.45, 2.75) is 19.8 Å². The first-order chi connectivity index (χ1) is 8.25. The van der Waals surface area contributed by atoms with Crippen LogP contribution in [0.15, 0.2) is 18.3 Å². The zero-order valence-corrected chi connectivity index (χ0v) is 12.6. The van der Waals surface area contributed by atoms with Crippen LogP contribution in [0, 0.1) is 12.8 Å². The van der Waals surface area contributed by atoms with Gasteiger partial charge in [-0.15, -0.1) is 24.8 Å². The highest BCUT2D eigenvalue weighted by Crippen LogP contribution is 2.08. The molecule has 0 aliphatic carbocycles. The lowest BCUT2D eigenvalue weighted by atomic mass is 10.00. The van der Waals surface area contributed by atoms with Gasteiger partial charge in [0.05, 0.1) is 5.56 Å². The molecule has 0 saturated carbocycles. The van der Waals surface area contributed by atoms with Gasteiger partial charge in [-0.2, -0.15) is 0 Å². The van der Waals surface area contributed by atoms with E-state index in [1.807, 2.05) is 19.1 Å². The topological polar surface area (TPSA) is 54.0 Å². The van der Waals surface area contributed by atoms with Crippen LogP contribution in [0.25, 0.3) is 0 Å². The van der Waals surface area contributed by atoms with Gasteiger partial charge in [0, 0.05) is 18.4 Å². The summed E-state index contributed by atoms with van der Waals surface area (Å²) in [5.74, 6) is 0.536. The number of amides is 1. The molecule has 108 valence electrons. The molecule has 6 heteroatoms. The van der Waals surface area contributed by atoms with Gasteiger partial charge in [0.1, 0.15) is 0 Å². The molecular weight excluding hydrogens is 285 g/mol. The highest BCUT2D eigenvalue weighted by molar-refractivity contribution is 5.93. The first-order valence-corrected chi connectivity index (χ1v) is 6.17. The lowest BCUT2D eigenvalue weighted by Gasteiger charge is -2.22. The average molecular weight is 306 g/mol. The van der Waals surface area contributed by atoms with Crippen molar-refractivity contribution in [1.82, 2.24) is 15.6 Å². The largest absolute Gasteiger partial charge is 0.352 e. The molecule has 1 amide bonds. The average Bonchev–Trinajstić information content (AvgIpc) is 2.38. The van der Waals surface area contributed by atoms with Crippen LogP contribution in [-0.2, 0) is 0 Å². The number of piperidine rings is 1. The normalized spacial score (nSPS) is 17.8. The number of aryl methyl sites for hydroxylation is 1. The summed E-state index contributed by atoms with van der Waals surface area (Å²) in [4.78, 5) is 15.9. The Kier molecular flexibility index (Phi) is 8.72. The summed E-state index contributed by atoms with van der Waals surface area (Å²) in [5.41, 5.74) is 1.57. The predicted molar refractivity (Wildman–Crippen MR) is 81.4 cm³/mol. The molecule has 1 aliphatic heterocycles. The maximum Gasteiger partial charge on any atom is 0.252 e. The van der Waals surface area contributed by atoms with E-state index >= 15 is 0 Å². The highest BCUT2D eigenvalue weighted by Gasteiger charge is 2.14. The molecule has 1 unspecified atom stereocenters. The number of nitrogens with zero attached hydrogens (tertiary/aromatic N) is 1. The molecule has 0 spiro atoms. The molecule has 1 saturated heterocycles. The van der Waals surface area contributed by atoms with Gasteiger partial charge in [-0.25, -0.2) is 0 Å². The van der Waals surface area contributed by atoms with Gasteiger partial charge >= 0.3 is 0 Å². The van der Waals surface area contributed by atoms with E-state index in [-0.39, 0.29) is 30.7 Å². The number of pyridine rings is 1.